The number of hydrogen-bond acceptors (Lipinski definition) is 0. The number of benzene rings is 1. The SMILES string of the molecule is CCCCC1CCC(CCC2CCc3cc(F)c(F)cc3C2)CC1. The first-order valence-electron chi connectivity index (χ1n) is 10.1. The van der Waals surface area contributed by atoms with E-state index in [-0.39, 0.29) is 0 Å². The Morgan fingerprint density at radius 1 is 0.792 bits per heavy atom. The van der Waals surface area contributed by atoms with Gasteiger partial charge in [0.2, 0.25) is 0 Å². The topological polar surface area (TPSA) is 0 Å². The van der Waals surface area contributed by atoms with Crippen LogP contribution in [0.15, 0.2) is 12.1 Å². The molecular formula is C22H32F2. The van der Waals surface area contributed by atoms with Crippen LogP contribution in [0.1, 0.15) is 82.3 Å². The Kier molecular flexibility index (Phi) is 6.30. The third kappa shape index (κ3) is 4.58. The van der Waals surface area contributed by atoms with E-state index in [1.807, 2.05) is 0 Å². The number of halogens is 2. The Balaban J connectivity index is 1.43. The minimum atomic E-state index is -0.688. The van der Waals surface area contributed by atoms with Gasteiger partial charge in [-0.05, 0) is 66.7 Å². The zero-order valence-corrected chi connectivity index (χ0v) is 15.1. The van der Waals surface area contributed by atoms with Crippen LogP contribution in [0.25, 0.3) is 0 Å². The molecule has 3 rings (SSSR count). The van der Waals surface area contributed by atoms with Gasteiger partial charge in [-0.2, -0.15) is 0 Å². The number of aryl methyl sites for hydroxylation is 1. The lowest BCUT2D eigenvalue weighted by molar-refractivity contribution is 0.234. The smallest absolute Gasteiger partial charge is 0.159 e. The lowest BCUT2D eigenvalue weighted by Crippen LogP contribution is -2.18. The van der Waals surface area contributed by atoms with Gasteiger partial charge in [-0.3, -0.25) is 0 Å². The molecule has 1 unspecified atom stereocenters. The molecule has 1 aromatic carbocycles. The molecule has 1 atom stereocenters. The molecular weight excluding hydrogens is 302 g/mol. The van der Waals surface area contributed by atoms with Crippen LogP contribution in [0.5, 0.6) is 0 Å². The average molecular weight is 334 g/mol. The highest BCUT2D eigenvalue weighted by atomic mass is 19.2. The van der Waals surface area contributed by atoms with E-state index < -0.39 is 11.6 Å². The Bertz CT molecular complexity index is 529. The summed E-state index contributed by atoms with van der Waals surface area (Å²) >= 11 is 0. The van der Waals surface area contributed by atoms with Gasteiger partial charge in [0.1, 0.15) is 0 Å². The molecule has 0 spiro atoms. The molecule has 0 N–H and O–H groups in total. The summed E-state index contributed by atoms with van der Waals surface area (Å²) < 4.78 is 26.8. The Hall–Kier alpha value is -0.920. The predicted molar refractivity (Wildman–Crippen MR) is 96.1 cm³/mol. The molecule has 0 saturated heterocycles. The maximum Gasteiger partial charge on any atom is 0.159 e. The normalized spacial score (nSPS) is 27.0. The van der Waals surface area contributed by atoms with Crippen LogP contribution in [-0.2, 0) is 12.8 Å². The molecule has 0 bridgehead atoms. The maximum absolute atomic E-state index is 13.5. The van der Waals surface area contributed by atoms with Crippen LogP contribution in [0, 0.1) is 29.4 Å². The van der Waals surface area contributed by atoms with Gasteiger partial charge in [-0.25, -0.2) is 8.78 Å². The fourth-order valence-electron chi connectivity index (χ4n) is 4.84. The molecule has 2 heteroatoms. The van der Waals surface area contributed by atoms with Crippen molar-refractivity contribution in [1.82, 2.24) is 0 Å². The lowest BCUT2D eigenvalue weighted by Gasteiger charge is -2.31. The summed E-state index contributed by atoms with van der Waals surface area (Å²) in [5, 5.41) is 0. The van der Waals surface area contributed by atoms with Crippen LogP contribution in [0.3, 0.4) is 0 Å². The second kappa shape index (κ2) is 8.45. The molecule has 2 aliphatic carbocycles. The number of fused-ring (bicyclic) bond motifs is 1. The van der Waals surface area contributed by atoms with Crippen molar-refractivity contribution in [3.05, 3.63) is 34.9 Å². The quantitative estimate of drug-likeness (QED) is 0.534. The van der Waals surface area contributed by atoms with Crippen LogP contribution >= 0.6 is 0 Å². The van der Waals surface area contributed by atoms with E-state index in [4.69, 9.17) is 0 Å². The molecule has 0 aromatic heterocycles. The van der Waals surface area contributed by atoms with E-state index in [9.17, 15) is 8.78 Å². The summed E-state index contributed by atoms with van der Waals surface area (Å²) in [5.41, 5.74) is 2.08. The van der Waals surface area contributed by atoms with Crippen LogP contribution in [0.4, 0.5) is 8.78 Å². The minimum Gasteiger partial charge on any atom is -0.204 e. The maximum atomic E-state index is 13.5. The molecule has 0 heterocycles. The lowest BCUT2D eigenvalue weighted by atomic mass is 9.75. The summed E-state index contributed by atoms with van der Waals surface area (Å²) in [6.45, 7) is 2.29. The molecule has 1 fully saturated rings. The number of rotatable bonds is 6. The van der Waals surface area contributed by atoms with Gasteiger partial charge in [0.15, 0.2) is 11.6 Å². The van der Waals surface area contributed by atoms with Gasteiger partial charge >= 0.3 is 0 Å². The Labute approximate surface area is 146 Å². The van der Waals surface area contributed by atoms with Gasteiger partial charge in [-0.1, -0.05) is 58.3 Å². The van der Waals surface area contributed by atoms with Gasteiger partial charge < -0.3 is 0 Å². The third-order valence-corrected chi connectivity index (χ3v) is 6.49. The highest BCUT2D eigenvalue weighted by Gasteiger charge is 2.24. The molecule has 0 nitrogen and oxygen atoms in total. The standard InChI is InChI=1S/C22H32F2/c1-2-3-4-16-5-7-17(8-6-16)9-10-18-11-12-19-14-21(23)22(24)15-20(19)13-18/h14-18H,2-13H2,1H3. The van der Waals surface area contributed by atoms with Gasteiger partial charge in [-0.15, -0.1) is 0 Å². The summed E-state index contributed by atoms with van der Waals surface area (Å²) in [6, 6.07) is 2.86. The summed E-state index contributed by atoms with van der Waals surface area (Å²) in [7, 11) is 0. The monoisotopic (exact) mass is 334 g/mol. The first kappa shape index (κ1) is 17.9. The second-order valence-corrected chi connectivity index (χ2v) is 8.25. The van der Waals surface area contributed by atoms with E-state index in [0.717, 1.165) is 42.2 Å². The number of unbranched alkanes of at least 4 members (excludes halogenated alkanes) is 1. The molecule has 1 aromatic rings. The van der Waals surface area contributed by atoms with E-state index in [1.54, 1.807) is 0 Å². The van der Waals surface area contributed by atoms with E-state index in [0.29, 0.717) is 5.92 Å². The van der Waals surface area contributed by atoms with E-state index in [2.05, 4.69) is 6.92 Å². The van der Waals surface area contributed by atoms with Crippen molar-refractivity contribution in [2.45, 2.75) is 84.0 Å². The largest absolute Gasteiger partial charge is 0.204 e. The van der Waals surface area contributed by atoms with Crippen molar-refractivity contribution in [1.29, 1.82) is 0 Å². The van der Waals surface area contributed by atoms with Gasteiger partial charge in [0, 0.05) is 0 Å². The zero-order chi connectivity index (χ0) is 16.9. The van der Waals surface area contributed by atoms with Crippen molar-refractivity contribution >= 4 is 0 Å². The minimum absolute atomic E-state index is 0.667. The molecule has 0 aliphatic heterocycles. The highest BCUT2D eigenvalue weighted by Crippen LogP contribution is 2.37. The summed E-state index contributed by atoms with van der Waals surface area (Å²) in [4.78, 5) is 0. The van der Waals surface area contributed by atoms with Gasteiger partial charge in [0.25, 0.3) is 0 Å². The zero-order valence-electron chi connectivity index (χ0n) is 15.1. The highest BCUT2D eigenvalue weighted by molar-refractivity contribution is 5.31. The fourth-order valence-corrected chi connectivity index (χ4v) is 4.84. The molecule has 2 aliphatic rings. The van der Waals surface area contributed by atoms with Crippen molar-refractivity contribution in [2.75, 3.05) is 0 Å². The Morgan fingerprint density at radius 3 is 2.04 bits per heavy atom. The van der Waals surface area contributed by atoms with Crippen molar-refractivity contribution in [3.8, 4) is 0 Å². The molecule has 24 heavy (non-hydrogen) atoms. The molecule has 134 valence electrons. The first-order valence-corrected chi connectivity index (χ1v) is 10.1. The average Bonchev–Trinajstić information content (AvgIpc) is 2.60. The third-order valence-electron chi connectivity index (χ3n) is 6.49. The van der Waals surface area contributed by atoms with Crippen molar-refractivity contribution < 1.29 is 8.78 Å². The second-order valence-electron chi connectivity index (χ2n) is 8.25. The van der Waals surface area contributed by atoms with E-state index >= 15 is 0 Å². The fraction of sp³-hybridized carbons (Fsp3) is 0.727. The summed E-state index contributed by atoms with van der Waals surface area (Å²) in [5.74, 6) is 1.20. The predicted octanol–water partition coefficient (Wildman–Crippen LogP) is 6.85. The van der Waals surface area contributed by atoms with Crippen LogP contribution in [0.2, 0.25) is 0 Å². The van der Waals surface area contributed by atoms with E-state index in [1.165, 1.54) is 69.9 Å². The van der Waals surface area contributed by atoms with Crippen molar-refractivity contribution in [2.24, 2.45) is 17.8 Å². The van der Waals surface area contributed by atoms with Crippen LogP contribution in [-0.4, -0.2) is 0 Å². The first-order chi connectivity index (χ1) is 11.7. The number of hydrogen-bond donors (Lipinski definition) is 0. The Morgan fingerprint density at radius 2 is 1.38 bits per heavy atom. The van der Waals surface area contributed by atoms with Gasteiger partial charge in [0.05, 0.1) is 0 Å². The van der Waals surface area contributed by atoms with Crippen molar-refractivity contribution in [3.63, 3.8) is 0 Å². The molecule has 0 amide bonds. The molecule has 0 radical (unpaired) electrons. The van der Waals surface area contributed by atoms with Crippen LogP contribution < -0.4 is 0 Å². The summed E-state index contributed by atoms with van der Waals surface area (Å²) in [6.07, 6.45) is 15.5. The molecule has 1 saturated carbocycles.